The number of fused-ring (bicyclic) bond motifs is 1. The molecule has 0 aliphatic heterocycles. The number of hydrogen-bond acceptors (Lipinski definition) is 4. The molecule has 0 heterocycles. The van der Waals surface area contributed by atoms with E-state index in [4.69, 9.17) is 16.3 Å². The third-order valence-electron chi connectivity index (χ3n) is 4.91. The number of thioether (sulfide) groups is 1. The lowest BCUT2D eigenvalue weighted by molar-refractivity contribution is -0.120. The number of carbonyl (C=O) groups excluding carboxylic acids is 1. The van der Waals surface area contributed by atoms with Gasteiger partial charge < -0.3 is 4.74 Å². The predicted octanol–water partition coefficient (Wildman–Crippen LogP) is 6.70. The molecule has 0 aliphatic carbocycles. The molecule has 0 atom stereocenters. The summed E-state index contributed by atoms with van der Waals surface area (Å²) in [5, 5.41) is 7.17. The van der Waals surface area contributed by atoms with Crippen molar-refractivity contribution in [3.05, 3.63) is 107 Å². The Morgan fingerprint density at radius 1 is 0.939 bits per heavy atom. The Morgan fingerprint density at radius 3 is 2.48 bits per heavy atom. The predicted molar refractivity (Wildman–Crippen MR) is 137 cm³/mol. The van der Waals surface area contributed by atoms with Crippen LogP contribution in [0.15, 0.2) is 101 Å². The zero-order chi connectivity index (χ0) is 22.9. The molecule has 0 spiro atoms. The molecule has 4 rings (SSSR count). The number of benzene rings is 4. The number of rotatable bonds is 9. The van der Waals surface area contributed by atoms with Crippen LogP contribution in [0.3, 0.4) is 0 Å². The van der Waals surface area contributed by atoms with Crippen LogP contribution < -0.4 is 10.2 Å². The maximum atomic E-state index is 12.0. The number of hydrogen-bond donors (Lipinski definition) is 1. The first-order valence-electron chi connectivity index (χ1n) is 10.6. The summed E-state index contributed by atoms with van der Waals surface area (Å²) in [4.78, 5) is 13.0. The summed E-state index contributed by atoms with van der Waals surface area (Å²) in [5.41, 5.74) is 4.57. The van der Waals surface area contributed by atoms with Gasteiger partial charge in [-0.25, -0.2) is 5.43 Å². The van der Waals surface area contributed by atoms with Gasteiger partial charge >= 0.3 is 0 Å². The molecule has 0 aromatic heterocycles. The Morgan fingerprint density at radius 2 is 1.70 bits per heavy atom. The molecule has 0 fully saturated rings. The third-order valence-corrected chi connectivity index (χ3v) is 6.18. The summed E-state index contributed by atoms with van der Waals surface area (Å²) in [6.45, 7) is 0.502. The maximum absolute atomic E-state index is 12.0. The van der Waals surface area contributed by atoms with Crippen LogP contribution in [-0.4, -0.2) is 17.9 Å². The number of halogens is 1. The van der Waals surface area contributed by atoms with Gasteiger partial charge in [0.05, 0.1) is 6.21 Å². The van der Waals surface area contributed by atoms with Crippen LogP contribution in [-0.2, 0) is 11.4 Å². The second kappa shape index (κ2) is 11.5. The van der Waals surface area contributed by atoms with E-state index in [1.807, 2.05) is 60.7 Å². The highest BCUT2D eigenvalue weighted by molar-refractivity contribution is 7.99. The van der Waals surface area contributed by atoms with Crippen molar-refractivity contribution < 1.29 is 9.53 Å². The van der Waals surface area contributed by atoms with Crippen molar-refractivity contribution in [1.29, 1.82) is 0 Å². The zero-order valence-electron chi connectivity index (χ0n) is 17.9. The van der Waals surface area contributed by atoms with Gasteiger partial charge in [0, 0.05) is 22.1 Å². The topological polar surface area (TPSA) is 50.7 Å². The number of nitrogens with one attached hydrogen (secondary N) is 1. The fourth-order valence-electron chi connectivity index (χ4n) is 3.17. The van der Waals surface area contributed by atoms with Gasteiger partial charge in [-0.3, -0.25) is 4.79 Å². The van der Waals surface area contributed by atoms with E-state index >= 15 is 0 Å². The van der Waals surface area contributed by atoms with E-state index in [0.29, 0.717) is 23.8 Å². The molecule has 4 aromatic carbocycles. The Balaban J connectivity index is 1.19. The summed E-state index contributed by atoms with van der Waals surface area (Å²) in [6, 6.07) is 29.8. The Hall–Kier alpha value is -3.28. The van der Waals surface area contributed by atoms with Crippen molar-refractivity contribution in [2.24, 2.45) is 5.10 Å². The van der Waals surface area contributed by atoms with Crippen molar-refractivity contribution >= 4 is 46.3 Å². The summed E-state index contributed by atoms with van der Waals surface area (Å²) < 4.78 is 5.90. The number of ether oxygens (including phenoxy) is 1. The van der Waals surface area contributed by atoms with E-state index in [1.54, 1.807) is 18.0 Å². The summed E-state index contributed by atoms with van der Waals surface area (Å²) in [6.07, 6.45) is 2.00. The van der Waals surface area contributed by atoms with E-state index in [-0.39, 0.29) is 5.91 Å². The van der Waals surface area contributed by atoms with Crippen molar-refractivity contribution in [2.75, 3.05) is 5.75 Å². The molecular formula is C27H23ClN2O2S. The van der Waals surface area contributed by atoms with E-state index in [0.717, 1.165) is 21.8 Å². The number of hydrazone groups is 1. The molecule has 4 nitrogen and oxygen atoms in total. The highest BCUT2D eigenvalue weighted by atomic mass is 35.5. The molecule has 0 saturated heterocycles. The normalized spacial score (nSPS) is 11.1. The minimum absolute atomic E-state index is 0.122. The van der Waals surface area contributed by atoms with Crippen molar-refractivity contribution in [1.82, 2.24) is 5.43 Å². The molecular weight excluding hydrogens is 452 g/mol. The van der Waals surface area contributed by atoms with Crippen molar-refractivity contribution in [3.8, 4) is 5.75 Å². The van der Waals surface area contributed by atoms with Gasteiger partial charge in [-0.1, -0.05) is 48.0 Å². The Bertz CT molecular complexity index is 1240. The number of nitrogens with zero attached hydrogens (tertiary/aromatic N) is 1. The number of carbonyl (C=O) groups is 1. The maximum Gasteiger partial charge on any atom is 0.240 e. The first-order valence-corrected chi connectivity index (χ1v) is 11.9. The second-order valence-corrected chi connectivity index (χ2v) is 8.99. The fourth-order valence-corrected chi connectivity index (χ4v) is 4.15. The van der Waals surface area contributed by atoms with E-state index in [2.05, 4.69) is 40.9 Å². The lowest BCUT2D eigenvalue weighted by atomic mass is 10.1. The molecule has 0 saturated carbocycles. The minimum atomic E-state index is -0.122. The molecule has 0 bridgehead atoms. The SMILES string of the molecule is O=C(CCSc1ccc(Cl)cc1)N/N=C\c1ccc(OCc2ccc3ccccc3c2)cc1. The second-order valence-electron chi connectivity index (χ2n) is 7.38. The first kappa shape index (κ1) is 22.9. The summed E-state index contributed by atoms with van der Waals surface area (Å²) >= 11 is 7.48. The van der Waals surface area contributed by atoms with Gasteiger partial charge in [-0.05, 0) is 76.5 Å². The highest BCUT2D eigenvalue weighted by Gasteiger charge is 2.02. The summed E-state index contributed by atoms with van der Waals surface area (Å²) in [5.74, 6) is 1.33. The molecule has 6 heteroatoms. The van der Waals surface area contributed by atoms with E-state index in [1.165, 1.54) is 10.8 Å². The van der Waals surface area contributed by atoms with Crippen LogP contribution in [0, 0.1) is 0 Å². The van der Waals surface area contributed by atoms with Crippen LogP contribution >= 0.6 is 23.4 Å². The summed E-state index contributed by atoms with van der Waals surface area (Å²) in [7, 11) is 0. The molecule has 0 radical (unpaired) electrons. The molecule has 4 aromatic rings. The Labute approximate surface area is 202 Å². The van der Waals surface area contributed by atoms with Crippen molar-refractivity contribution in [3.63, 3.8) is 0 Å². The Kier molecular flexibility index (Phi) is 8.01. The van der Waals surface area contributed by atoms with Crippen LogP contribution in [0.2, 0.25) is 5.02 Å². The molecule has 33 heavy (non-hydrogen) atoms. The highest BCUT2D eigenvalue weighted by Crippen LogP contribution is 2.21. The van der Waals surface area contributed by atoms with Gasteiger partial charge in [-0.2, -0.15) is 5.10 Å². The first-order chi connectivity index (χ1) is 16.2. The molecule has 166 valence electrons. The lowest BCUT2D eigenvalue weighted by Crippen LogP contribution is -2.17. The van der Waals surface area contributed by atoms with Crippen LogP contribution in [0.1, 0.15) is 17.5 Å². The van der Waals surface area contributed by atoms with Crippen LogP contribution in [0.25, 0.3) is 10.8 Å². The van der Waals surface area contributed by atoms with E-state index in [9.17, 15) is 4.79 Å². The third kappa shape index (κ3) is 7.11. The molecule has 0 unspecified atom stereocenters. The van der Waals surface area contributed by atoms with Gasteiger partial charge in [0.2, 0.25) is 5.91 Å². The van der Waals surface area contributed by atoms with Crippen LogP contribution in [0.4, 0.5) is 0 Å². The van der Waals surface area contributed by atoms with Gasteiger partial charge in [0.1, 0.15) is 12.4 Å². The van der Waals surface area contributed by atoms with Crippen molar-refractivity contribution in [2.45, 2.75) is 17.9 Å². The smallest absolute Gasteiger partial charge is 0.240 e. The number of amides is 1. The standard InChI is InChI=1S/C27H23ClN2O2S/c28-24-9-13-26(14-10-24)33-16-15-27(31)30-29-18-20-6-11-25(12-7-20)32-19-21-5-8-22-3-1-2-4-23(22)17-21/h1-14,17-18H,15-16,19H2,(H,30,31)/b29-18-. The monoisotopic (exact) mass is 474 g/mol. The largest absolute Gasteiger partial charge is 0.489 e. The average molecular weight is 475 g/mol. The minimum Gasteiger partial charge on any atom is -0.489 e. The van der Waals surface area contributed by atoms with Crippen LogP contribution in [0.5, 0.6) is 5.75 Å². The quantitative estimate of drug-likeness (QED) is 0.167. The molecule has 0 aliphatic rings. The lowest BCUT2D eigenvalue weighted by Gasteiger charge is -2.07. The van der Waals surface area contributed by atoms with Gasteiger partial charge in [0.15, 0.2) is 0 Å². The van der Waals surface area contributed by atoms with Gasteiger partial charge in [-0.15, -0.1) is 11.8 Å². The zero-order valence-corrected chi connectivity index (χ0v) is 19.5. The average Bonchev–Trinajstić information content (AvgIpc) is 2.85. The molecule has 1 N–H and O–H groups in total. The molecule has 1 amide bonds. The van der Waals surface area contributed by atoms with E-state index < -0.39 is 0 Å². The van der Waals surface area contributed by atoms with Gasteiger partial charge in [0.25, 0.3) is 0 Å². The fraction of sp³-hybridized carbons (Fsp3) is 0.111.